The standard InChI is InChI=1S/C20H29N3O4/c1-15-3-5-17(6-4-15)21-18(24)13-22(2)19(25)14-23-9-7-16(8-10-23)20-26-11-12-27-20/h3-6,16,20H,7-14H2,1-2H3,(H,21,24). The van der Waals surface area contributed by atoms with Crippen molar-refractivity contribution >= 4 is 17.5 Å². The number of likely N-dealkylation sites (tertiary alicyclic amines) is 1. The van der Waals surface area contributed by atoms with Crippen LogP contribution in [0.25, 0.3) is 0 Å². The summed E-state index contributed by atoms with van der Waals surface area (Å²) in [5.74, 6) is 0.182. The highest BCUT2D eigenvalue weighted by Crippen LogP contribution is 2.25. The van der Waals surface area contributed by atoms with Crippen molar-refractivity contribution in [2.45, 2.75) is 26.1 Å². The zero-order chi connectivity index (χ0) is 19.2. The van der Waals surface area contributed by atoms with Gasteiger partial charge in [-0.15, -0.1) is 0 Å². The van der Waals surface area contributed by atoms with E-state index in [-0.39, 0.29) is 24.6 Å². The first-order chi connectivity index (χ1) is 13.0. The number of piperidine rings is 1. The SMILES string of the molecule is Cc1ccc(NC(=O)CN(C)C(=O)CN2CCC(C3OCCO3)CC2)cc1. The molecule has 0 bridgehead atoms. The van der Waals surface area contributed by atoms with Gasteiger partial charge in [0.25, 0.3) is 0 Å². The molecular formula is C20H29N3O4. The molecule has 0 aromatic heterocycles. The molecule has 0 atom stereocenters. The quantitative estimate of drug-likeness (QED) is 0.815. The van der Waals surface area contributed by atoms with E-state index in [0.717, 1.165) is 37.2 Å². The predicted molar refractivity (Wildman–Crippen MR) is 102 cm³/mol. The number of anilines is 1. The molecule has 2 saturated heterocycles. The predicted octanol–water partition coefficient (Wildman–Crippen LogP) is 1.48. The van der Waals surface area contributed by atoms with Crippen molar-refractivity contribution in [1.82, 2.24) is 9.80 Å². The minimum Gasteiger partial charge on any atom is -0.350 e. The minimum atomic E-state index is -0.191. The zero-order valence-electron chi connectivity index (χ0n) is 16.1. The van der Waals surface area contributed by atoms with Gasteiger partial charge >= 0.3 is 0 Å². The third-order valence-corrected chi connectivity index (χ3v) is 5.17. The number of hydrogen-bond donors (Lipinski definition) is 1. The van der Waals surface area contributed by atoms with E-state index < -0.39 is 0 Å². The van der Waals surface area contributed by atoms with E-state index in [1.165, 1.54) is 4.90 Å². The normalized spacial score (nSPS) is 19.2. The summed E-state index contributed by atoms with van der Waals surface area (Å²) in [6.45, 7) is 5.44. The summed E-state index contributed by atoms with van der Waals surface area (Å²) in [4.78, 5) is 28.2. The molecule has 2 amide bonds. The van der Waals surface area contributed by atoms with Gasteiger partial charge in [0, 0.05) is 18.7 Å². The van der Waals surface area contributed by atoms with Crippen LogP contribution < -0.4 is 5.32 Å². The Hall–Kier alpha value is -1.96. The van der Waals surface area contributed by atoms with Crippen LogP contribution in [0.2, 0.25) is 0 Å². The zero-order valence-corrected chi connectivity index (χ0v) is 16.1. The molecule has 7 heteroatoms. The van der Waals surface area contributed by atoms with Crippen LogP contribution in [-0.4, -0.2) is 74.3 Å². The monoisotopic (exact) mass is 375 g/mol. The second-order valence-corrected chi connectivity index (χ2v) is 7.39. The summed E-state index contributed by atoms with van der Waals surface area (Å²) in [5, 5.41) is 2.82. The van der Waals surface area contributed by atoms with Crippen LogP contribution in [0.15, 0.2) is 24.3 Å². The van der Waals surface area contributed by atoms with Gasteiger partial charge in [0.05, 0.1) is 26.3 Å². The van der Waals surface area contributed by atoms with Crippen LogP contribution in [0, 0.1) is 12.8 Å². The number of benzene rings is 1. The third kappa shape index (κ3) is 5.76. The molecule has 2 aliphatic heterocycles. The lowest BCUT2D eigenvalue weighted by atomic mass is 9.96. The molecule has 7 nitrogen and oxygen atoms in total. The maximum Gasteiger partial charge on any atom is 0.243 e. The van der Waals surface area contributed by atoms with Crippen molar-refractivity contribution in [2.75, 3.05) is 51.8 Å². The van der Waals surface area contributed by atoms with Gasteiger partial charge in [-0.3, -0.25) is 14.5 Å². The Balaban J connectivity index is 1.38. The van der Waals surface area contributed by atoms with Crippen LogP contribution in [0.4, 0.5) is 5.69 Å². The van der Waals surface area contributed by atoms with Crippen molar-refractivity contribution in [2.24, 2.45) is 5.92 Å². The average molecular weight is 375 g/mol. The molecular weight excluding hydrogens is 346 g/mol. The van der Waals surface area contributed by atoms with Gasteiger partial charge in [-0.1, -0.05) is 17.7 Å². The number of likely N-dealkylation sites (N-methyl/N-ethyl adjacent to an activating group) is 1. The molecule has 0 radical (unpaired) electrons. The Morgan fingerprint density at radius 2 is 1.78 bits per heavy atom. The fraction of sp³-hybridized carbons (Fsp3) is 0.600. The van der Waals surface area contributed by atoms with Crippen molar-refractivity contribution in [1.29, 1.82) is 0 Å². The maximum absolute atomic E-state index is 12.4. The molecule has 1 N–H and O–H groups in total. The van der Waals surface area contributed by atoms with E-state index >= 15 is 0 Å². The summed E-state index contributed by atoms with van der Waals surface area (Å²) in [7, 11) is 1.67. The average Bonchev–Trinajstić information content (AvgIpc) is 3.19. The second kappa shape index (κ2) is 9.30. The summed E-state index contributed by atoms with van der Waals surface area (Å²) in [5.41, 5.74) is 1.87. The molecule has 2 fully saturated rings. The summed E-state index contributed by atoms with van der Waals surface area (Å²) in [6, 6.07) is 7.60. The topological polar surface area (TPSA) is 71.1 Å². The van der Waals surface area contributed by atoms with E-state index in [1.54, 1.807) is 7.05 Å². The first-order valence-electron chi connectivity index (χ1n) is 9.57. The van der Waals surface area contributed by atoms with Gasteiger partial charge in [0.15, 0.2) is 6.29 Å². The second-order valence-electron chi connectivity index (χ2n) is 7.39. The number of rotatable bonds is 6. The molecule has 0 aliphatic carbocycles. The number of hydrogen-bond acceptors (Lipinski definition) is 5. The Labute approximate surface area is 160 Å². The molecule has 1 aromatic carbocycles. The fourth-order valence-electron chi connectivity index (χ4n) is 3.49. The van der Waals surface area contributed by atoms with Crippen molar-refractivity contribution < 1.29 is 19.1 Å². The van der Waals surface area contributed by atoms with Crippen LogP contribution >= 0.6 is 0 Å². The van der Waals surface area contributed by atoms with E-state index in [2.05, 4.69) is 10.2 Å². The maximum atomic E-state index is 12.4. The van der Waals surface area contributed by atoms with Gasteiger partial charge in [0.1, 0.15) is 0 Å². The summed E-state index contributed by atoms with van der Waals surface area (Å²) >= 11 is 0. The van der Waals surface area contributed by atoms with E-state index in [1.807, 2.05) is 31.2 Å². The Morgan fingerprint density at radius 3 is 2.41 bits per heavy atom. The van der Waals surface area contributed by atoms with Gasteiger partial charge in [0.2, 0.25) is 11.8 Å². The molecule has 3 rings (SSSR count). The van der Waals surface area contributed by atoms with Gasteiger partial charge in [-0.2, -0.15) is 0 Å². The van der Waals surface area contributed by atoms with Gasteiger partial charge in [-0.25, -0.2) is 0 Å². The number of aryl methyl sites for hydroxylation is 1. The molecule has 0 spiro atoms. The number of ether oxygens (including phenoxy) is 2. The van der Waals surface area contributed by atoms with Crippen LogP contribution in [0.3, 0.4) is 0 Å². The highest BCUT2D eigenvalue weighted by molar-refractivity contribution is 5.94. The molecule has 27 heavy (non-hydrogen) atoms. The Bertz CT molecular complexity index is 635. The molecule has 0 unspecified atom stereocenters. The lowest BCUT2D eigenvalue weighted by molar-refractivity contribution is -0.135. The van der Waals surface area contributed by atoms with Crippen LogP contribution in [-0.2, 0) is 19.1 Å². The lowest BCUT2D eigenvalue weighted by Gasteiger charge is -2.34. The van der Waals surface area contributed by atoms with Crippen molar-refractivity contribution in [3.8, 4) is 0 Å². The molecule has 2 aliphatic rings. The largest absolute Gasteiger partial charge is 0.350 e. The summed E-state index contributed by atoms with van der Waals surface area (Å²) in [6.07, 6.45) is 1.86. The molecule has 2 heterocycles. The van der Waals surface area contributed by atoms with Gasteiger partial charge < -0.3 is 19.7 Å². The Morgan fingerprint density at radius 1 is 1.15 bits per heavy atom. The van der Waals surface area contributed by atoms with Gasteiger partial charge in [-0.05, 0) is 45.0 Å². The molecule has 148 valence electrons. The van der Waals surface area contributed by atoms with E-state index in [0.29, 0.717) is 25.7 Å². The van der Waals surface area contributed by atoms with E-state index in [9.17, 15) is 9.59 Å². The van der Waals surface area contributed by atoms with Crippen molar-refractivity contribution in [3.63, 3.8) is 0 Å². The van der Waals surface area contributed by atoms with E-state index in [4.69, 9.17) is 9.47 Å². The highest BCUT2D eigenvalue weighted by atomic mass is 16.7. The number of nitrogens with zero attached hydrogens (tertiary/aromatic N) is 2. The van der Waals surface area contributed by atoms with Crippen LogP contribution in [0.5, 0.6) is 0 Å². The van der Waals surface area contributed by atoms with Crippen LogP contribution in [0.1, 0.15) is 18.4 Å². The molecule has 1 aromatic rings. The van der Waals surface area contributed by atoms with Crippen molar-refractivity contribution in [3.05, 3.63) is 29.8 Å². The fourth-order valence-corrected chi connectivity index (χ4v) is 3.49. The highest BCUT2D eigenvalue weighted by Gasteiger charge is 2.31. The molecule has 0 saturated carbocycles. The first-order valence-corrected chi connectivity index (χ1v) is 9.57. The summed E-state index contributed by atoms with van der Waals surface area (Å²) < 4.78 is 11.2. The number of carbonyl (C=O) groups is 2. The number of nitrogens with one attached hydrogen (secondary N) is 1. The number of carbonyl (C=O) groups excluding carboxylic acids is 2. The number of amides is 2. The first kappa shape index (κ1) is 19.8. The minimum absolute atomic E-state index is 0.0409. The lowest BCUT2D eigenvalue weighted by Crippen LogP contribution is -2.45. The smallest absolute Gasteiger partial charge is 0.243 e. The Kier molecular flexibility index (Phi) is 6.82. The third-order valence-electron chi connectivity index (χ3n) is 5.17.